The first kappa shape index (κ1) is 16.9. The van der Waals surface area contributed by atoms with E-state index in [1.165, 1.54) is 12.6 Å². The van der Waals surface area contributed by atoms with E-state index in [0.717, 1.165) is 12.8 Å². The van der Waals surface area contributed by atoms with Crippen LogP contribution in [0.5, 0.6) is 0 Å². The molecule has 0 radical (unpaired) electrons. The number of pyridine rings is 1. The molecular formula is C16H21BrN2O3. The Kier molecular flexibility index (Phi) is 5.94. The van der Waals surface area contributed by atoms with E-state index in [0.29, 0.717) is 21.9 Å². The first-order valence-corrected chi connectivity index (χ1v) is 8.33. The molecule has 1 aliphatic rings. The van der Waals surface area contributed by atoms with Crippen LogP contribution in [0.2, 0.25) is 0 Å². The van der Waals surface area contributed by atoms with Crippen molar-refractivity contribution in [1.82, 2.24) is 10.3 Å². The Labute approximate surface area is 139 Å². The smallest absolute Gasteiger partial charge is 0.340 e. The van der Waals surface area contributed by atoms with Gasteiger partial charge >= 0.3 is 5.97 Å². The van der Waals surface area contributed by atoms with E-state index in [9.17, 15) is 9.59 Å². The fourth-order valence-electron chi connectivity index (χ4n) is 2.77. The predicted octanol–water partition coefficient (Wildman–Crippen LogP) is 2.94. The summed E-state index contributed by atoms with van der Waals surface area (Å²) in [5, 5.41) is 2.98. The number of amides is 1. The molecule has 3 atom stereocenters. The summed E-state index contributed by atoms with van der Waals surface area (Å²) >= 11 is 3.24. The molecule has 0 saturated heterocycles. The topological polar surface area (TPSA) is 68.3 Å². The van der Waals surface area contributed by atoms with Gasteiger partial charge in [-0.05, 0) is 40.3 Å². The molecule has 5 nitrogen and oxygen atoms in total. The fourth-order valence-corrected chi connectivity index (χ4v) is 3.14. The van der Waals surface area contributed by atoms with Gasteiger partial charge in [-0.2, -0.15) is 0 Å². The second-order valence-electron chi connectivity index (χ2n) is 5.91. The molecule has 0 spiro atoms. The number of aromatic nitrogens is 1. The maximum absolute atomic E-state index is 12.0. The van der Waals surface area contributed by atoms with Crippen LogP contribution in [0.25, 0.3) is 0 Å². The summed E-state index contributed by atoms with van der Waals surface area (Å²) in [6.45, 7) is 4.11. The molecule has 1 saturated carbocycles. The largest absolute Gasteiger partial charge is 0.452 e. The molecule has 2 rings (SSSR count). The Hall–Kier alpha value is -1.43. The van der Waals surface area contributed by atoms with Gasteiger partial charge in [-0.15, -0.1) is 0 Å². The van der Waals surface area contributed by atoms with Crippen LogP contribution >= 0.6 is 15.9 Å². The van der Waals surface area contributed by atoms with Crippen LogP contribution in [0.4, 0.5) is 0 Å². The summed E-state index contributed by atoms with van der Waals surface area (Å²) in [4.78, 5) is 27.7. The number of carbonyl (C=O) groups is 2. The highest BCUT2D eigenvalue weighted by molar-refractivity contribution is 9.10. The molecule has 22 heavy (non-hydrogen) atoms. The Morgan fingerprint density at radius 1 is 1.36 bits per heavy atom. The maximum atomic E-state index is 12.0. The lowest BCUT2D eigenvalue weighted by Gasteiger charge is -2.34. The summed E-state index contributed by atoms with van der Waals surface area (Å²) in [5.41, 5.74) is 0.321. The first-order chi connectivity index (χ1) is 10.5. The van der Waals surface area contributed by atoms with Gasteiger partial charge in [0, 0.05) is 22.9 Å². The first-order valence-electron chi connectivity index (χ1n) is 7.54. The summed E-state index contributed by atoms with van der Waals surface area (Å²) in [7, 11) is 0. The van der Waals surface area contributed by atoms with Crippen LogP contribution in [0, 0.1) is 11.8 Å². The van der Waals surface area contributed by atoms with E-state index in [1.807, 2.05) is 0 Å². The van der Waals surface area contributed by atoms with Crippen molar-refractivity contribution in [3.63, 3.8) is 0 Å². The summed E-state index contributed by atoms with van der Waals surface area (Å²) in [6, 6.07) is 1.78. The standard InChI is InChI=1S/C16H21BrN2O3/c1-10-4-3-5-14(11(10)2)19-15(20)9-22-16(21)12-6-13(17)8-18-7-12/h6-8,10-11,14H,3-5,9H2,1-2H3,(H,19,20)/t10-,11+,14+/m0/s1. The average Bonchev–Trinajstić information content (AvgIpc) is 2.49. The molecule has 1 aliphatic carbocycles. The SMILES string of the molecule is C[C@@H]1[C@@H](C)CCC[C@H]1NC(=O)COC(=O)c1cncc(Br)c1. The normalized spacial score (nSPS) is 24.6. The molecule has 120 valence electrons. The zero-order chi connectivity index (χ0) is 16.1. The molecule has 1 heterocycles. The number of nitrogens with zero attached hydrogens (tertiary/aromatic N) is 1. The Bertz CT molecular complexity index is 550. The fraction of sp³-hybridized carbons (Fsp3) is 0.562. The monoisotopic (exact) mass is 368 g/mol. The number of halogens is 1. The lowest BCUT2D eigenvalue weighted by Crippen LogP contribution is -2.45. The molecule has 1 N–H and O–H groups in total. The van der Waals surface area contributed by atoms with E-state index >= 15 is 0 Å². The van der Waals surface area contributed by atoms with Crippen molar-refractivity contribution in [3.8, 4) is 0 Å². The highest BCUT2D eigenvalue weighted by atomic mass is 79.9. The van der Waals surface area contributed by atoms with Crippen molar-refractivity contribution in [2.75, 3.05) is 6.61 Å². The number of rotatable bonds is 4. The Morgan fingerprint density at radius 3 is 2.86 bits per heavy atom. The lowest BCUT2D eigenvalue weighted by atomic mass is 9.78. The van der Waals surface area contributed by atoms with Gasteiger partial charge in [0.2, 0.25) is 0 Å². The Morgan fingerprint density at radius 2 is 2.14 bits per heavy atom. The minimum absolute atomic E-state index is 0.169. The van der Waals surface area contributed by atoms with Crippen molar-refractivity contribution in [1.29, 1.82) is 0 Å². The predicted molar refractivity (Wildman–Crippen MR) is 86.3 cm³/mol. The van der Waals surface area contributed by atoms with Crippen molar-refractivity contribution in [2.45, 2.75) is 39.2 Å². The van der Waals surface area contributed by atoms with Gasteiger partial charge in [0.25, 0.3) is 5.91 Å². The molecule has 1 fully saturated rings. The third kappa shape index (κ3) is 4.53. The minimum atomic E-state index is -0.547. The summed E-state index contributed by atoms with van der Waals surface area (Å²) < 4.78 is 5.73. The summed E-state index contributed by atoms with van der Waals surface area (Å²) in [5.74, 6) is 0.258. The molecular weight excluding hydrogens is 348 g/mol. The zero-order valence-corrected chi connectivity index (χ0v) is 14.4. The third-order valence-corrected chi connectivity index (χ3v) is 4.76. The van der Waals surface area contributed by atoms with Gasteiger partial charge < -0.3 is 10.1 Å². The van der Waals surface area contributed by atoms with Gasteiger partial charge in [-0.25, -0.2) is 4.79 Å². The van der Waals surface area contributed by atoms with Gasteiger partial charge in [-0.3, -0.25) is 9.78 Å². The molecule has 0 aliphatic heterocycles. The van der Waals surface area contributed by atoms with Gasteiger partial charge in [0.05, 0.1) is 5.56 Å². The van der Waals surface area contributed by atoms with E-state index in [1.54, 1.807) is 12.3 Å². The van der Waals surface area contributed by atoms with Crippen LogP contribution < -0.4 is 5.32 Å². The third-order valence-electron chi connectivity index (χ3n) is 4.33. The second kappa shape index (κ2) is 7.72. The molecule has 0 bridgehead atoms. The van der Waals surface area contributed by atoms with E-state index in [-0.39, 0.29) is 18.6 Å². The molecule has 1 aromatic heterocycles. The maximum Gasteiger partial charge on any atom is 0.340 e. The van der Waals surface area contributed by atoms with Crippen LogP contribution in [-0.2, 0) is 9.53 Å². The van der Waals surface area contributed by atoms with Gasteiger partial charge in [0.1, 0.15) is 0 Å². The zero-order valence-electron chi connectivity index (χ0n) is 12.8. The van der Waals surface area contributed by atoms with E-state index in [2.05, 4.69) is 40.1 Å². The number of nitrogens with one attached hydrogen (secondary N) is 1. The highest BCUT2D eigenvalue weighted by Crippen LogP contribution is 2.29. The van der Waals surface area contributed by atoms with Crippen LogP contribution in [-0.4, -0.2) is 29.5 Å². The number of carbonyl (C=O) groups excluding carboxylic acids is 2. The van der Waals surface area contributed by atoms with Crippen LogP contribution in [0.1, 0.15) is 43.5 Å². The Balaban J connectivity index is 1.81. The number of hydrogen-bond acceptors (Lipinski definition) is 4. The van der Waals surface area contributed by atoms with Crippen molar-refractivity contribution >= 4 is 27.8 Å². The molecule has 1 aromatic rings. The molecule has 0 unspecified atom stereocenters. The minimum Gasteiger partial charge on any atom is -0.452 e. The lowest BCUT2D eigenvalue weighted by molar-refractivity contribution is -0.125. The van der Waals surface area contributed by atoms with E-state index in [4.69, 9.17) is 4.74 Å². The number of esters is 1. The number of ether oxygens (including phenoxy) is 1. The molecule has 1 amide bonds. The second-order valence-corrected chi connectivity index (χ2v) is 6.82. The van der Waals surface area contributed by atoms with Crippen LogP contribution in [0.15, 0.2) is 22.9 Å². The van der Waals surface area contributed by atoms with Crippen molar-refractivity contribution < 1.29 is 14.3 Å². The molecule has 6 heteroatoms. The van der Waals surface area contributed by atoms with Gasteiger partial charge in [-0.1, -0.05) is 26.7 Å². The van der Waals surface area contributed by atoms with Crippen LogP contribution in [0.3, 0.4) is 0 Å². The van der Waals surface area contributed by atoms with Crippen molar-refractivity contribution in [2.24, 2.45) is 11.8 Å². The van der Waals surface area contributed by atoms with Gasteiger partial charge in [0.15, 0.2) is 6.61 Å². The summed E-state index contributed by atoms with van der Waals surface area (Å²) in [6.07, 6.45) is 6.31. The van der Waals surface area contributed by atoms with E-state index < -0.39 is 5.97 Å². The number of hydrogen-bond donors (Lipinski definition) is 1. The highest BCUT2D eigenvalue weighted by Gasteiger charge is 2.28. The quantitative estimate of drug-likeness (QED) is 0.829. The van der Waals surface area contributed by atoms with Crippen molar-refractivity contribution in [3.05, 3.63) is 28.5 Å². The molecule has 0 aromatic carbocycles. The average molecular weight is 369 g/mol.